The molecule has 0 aromatic heterocycles. The lowest BCUT2D eigenvalue weighted by atomic mass is 10.1. The van der Waals surface area contributed by atoms with E-state index in [2.05, 4.69) is 13.8 Å². The predicted molar refractivity (Wildman–Crippen MR) is 112 cm³/mol. The first-order valence-corrected chi connectivity index (χ1v) is 11.2. The third kappa shape index (κ3) is 14.5. The van der Waals surface area contributed by atoms with Crippen molar-refractivity contribution in [2.24, 2.45) is 0 Å². The summed E-state index contributed by atoms with van der Waals surface area (Å²) in [5.74, 6) is -1.98. The Morgan fingerprint density at radius 2 is 1.17 bits per heavy atom. The zero-order valence-electron chi connectivity index (χ0n) is 18.5. The Bertz CT molecular complexity index is 480. The van der Waals surface area contributed by atoms with Gasteiger partial charge < -0.3 is 24.8 Å². The van der Waals surface area contributed by atoms with Gasteiger partial charge in [0, 0.05) is 12.8 Å². The Labute approximate surface area is 179 Å². The Balaban J connectivity index is 4.04. The topological polar surface area (TPSA) is 130 Å². The van der Waals surface area contributed by atoms with Crippen molar-refractivity contribution >= 4 is 17.7 Å². The minimum atomic E-state index is -1.94. The van der Waals surface area contributed by atoms with E-state index < -0.39 is 49.2 Å². The molecule has 8 heteroatoms. The number of unbranched alkanes of at least 4 members (excludes halogenated alkanes) is 8. The van der Waals surface area contributed by atoms with Gasteiger partial charge in [-0.2, -0.15) is 0 Å². The van der Waals surface area contributed by atoms with Crippen molar-refractivity contribution in [1.82, 2.24) is 0 Å². The number of rotatable bonds is 19. The van der Waals surface area contributed by atoms with E-state index >= 15 is 0 Å². The van der Waals surface area contributed by atoms with Gasteiger partial charge in [-0.05, 0) is 12.8 Å². The maximum atomic E-state index is 11.9. The highest BCUT2D eigenvalue weighted by molar-refractivity contribution is 5.86. The minimum Gasteiger partial charge on any atom is -0.463 e. The second kappa shape index (κ2) is 18.3. The maximum absolute atomic E-state index is 11.9. The number of hydrogen-bond donors (Lipinski definition) is 3. The summed E-state index contributed by atoms with van der Waals surface area (Å²) in [6.07, 6.45) is 4.66. The molecular formula is C22H40O8. The number of ketones is 1. The average molecular weight is 433 g/mol. The van der Waals surface area contributed by atoms with E-state index in [1.165, 1.54) is 0 Å². The highest BCUT2D eigenvalue weighted by Gasteiger charge is 2.31. The van der Waals surface area contributed by atoms with Crippen LogP contribution in [0.25, 0.3) is 0 Å². The molecule has 30 heavy (non-hydrogen) atoms. The van der Waals surface area contributed by atoms with Crippen LogP contribution in [0.1, 0.15) is 90.9 Å². The molecule has 3 N–H and O–H groups in total. The molecule has 176 valence electrons. The molecule has 0 aromatic rings. The third-order valence-corrected chi connectivity index (χ3v) is 4.81. The number of aliphatic hydroxyl groups is 3. The van der Waals surface area contributed by atoms with Crippen molar-refractivity contribution in [1.29, 1.82) is 0 Å². The lowest BCUT2D eigenvalue weighted by Gasteiger charge is -2.21. The summed E-state index contributed by atoms with van der Waals surface area (Å²) in [4.78, 5) is 35.1. The van der Waals surface area contributed by atoms with E-state index in [1.807, 2.05) is 0 Å². The number of Topliss-reactive ketones (excluding diaryl/α,β-unsaturated/α-hetero) is 1. The molecule has 0 amide bonds. The van der Waals surface area contributed by atoms with Crippen LogP contribution < -0.4 is 0 Å². The first kappa shape index (κ1) is 28.5. The first-order valence-electron chi connectivity index (χ1n) is 11.2. The van der Waals surface area contributed by atoms with Gasteiger partial charge in [-0.15, -0.1) is 0 Å². The molecule has 0 saturated carbocycles. The molecule has 0 fully saturated rings. The van der Waals surface area contributed by atoms with Crippen molar-refractivity contribution in [3.8, 4) is 0 Å². The Morgan fingerprint density at radius 3 is 1.67 bits per heavy atom. The van der Waals surface area contributed by atoms with Crippen molar-refractivity contribution in [2.75, 3.05) is 13.2 Å². The number of carbonyl (C=O) groups is 3. The van der Waals surface area contributed by atoms with Crippen LogP contribution in [0, 0.1) is 0 Å². The fourth-order valence-corrected chi connectivity index (χ4v) is 2.80. The van der Waals surface area contributed by atoms with Crippen molar-refractivity contribution < 1.29 is 39.2 Å². The SMILES string of the molecule is CCCCCCCC(=O)OCC(=O)[C@H](O)[C@H](O)[C@H](O)COC(=O)CCCCCCC. The van der Waals surface area contributed by atoms with Gasteiger partial charge in [0.25, 0.3) is 0 Å². The molecule has 0 radical (unpaired) electrons. The van der Waals surface area contributed by atoms with E-state index in [0.717, 1.165) is 51.4 Å². The van der Waals surface area contributed by atoms with Crippen LogP contribution in [-0.2, 0) is 23.9 Å². The minimum absolute atomic E-state index is 0.187. The average Bonchev–Trinajstić information content (AvgIpc) is 2.74. The van der Waals surface area contributed by atoms with E-state index in [0.29, 0.717) is 12.8 Å². The van der Waals surface area contributed by atoms with Gasteiger partial charge in [0.05, 0.1) is 0 Å². The van der Waals surface area contributed by atoms with Crippen LogP contribution in [0.15, 0.2) is 0 Å². The number of esters is 2. The van der Waals surface area contributed by atoms with Crippen LogP contribution in [0.5, 0.6) is 0 Å². The fourth-order valence-electron chi connectivity index (χ4n) is 2.80. The number of hydrogen-bond acceptors (Lipinski definition) is 8. The van der Waals surface area contributed by atoms with Crippen molar-refractivity contribution in [3.63, 3.8) is 0 Å². The standard InChI is InChI=1S/C22H40O8/c1-3-5-7-9-11-13-19(25)29-15-17(23)21(27)22(28)18(24)16-30-20(26)14-12-10-8-6-4-2/h17,21-23,27-28H,3-16H2,1-2H3/t17-,21-,22+/m1/s1. The Hall–Kier alpha value is -1.51. The predicted octanol–water partition coefficient (Wildman–Crippen LogP) is 2.45. The smallest absolute Gasteiger partial charge is 0.306 e. The fraction of sp³-hybridized carbons (Fsp3) is 0.864. The van der Waals surface area contributed by atoms with Crippen LogP contribution in [0.2, 0.25) is 0 Å². The zero-order chi connectivity index (χ0) is 22.8. The summed E-state index contributed by atoms with van der Waals surface area (Å²) in [5.41, 5.74) is 0. The largest absolute Gasteiger partial charge is 0.463 e. The van der Waals surface area contributed by atoms with Crippen LogP contribution in [0.3, 0.4) is 0 Å². The van der Waals surface area contributed by atoms with Gasteiger partial charge in [0.2, 0.25) is 5.78 Å². The Kier molecular flexibility index (Phi) is 17.4. The first-order chi connectivity index (χ1) is 14.3. The number of aliphatic hydroxyl groups excluding tert-OH is 3. The van der Waals surface area contributed by atoms with E-state index in [-0.39, 0.29) is 12.8 Å². The molecule has 0 aliphatic rings. The molecule has 0 unspecified atom stereocenters. The van der Waals surface area contributed by atoms with Gasteiger partial charge in [-0.1, -0.05) is 65.2 Å². The second-order valence-corrected chi connectivity index (χ2v) is 7.64. The van der Waals surface area contributed by atoms with Crippen LogP contribution in [0.4, 0.5) is 0 Å². The normalized spacial score (nSPS) is 14.0. The lowest BCUT2D eigenvalue weighted by Crippen LogP contribution is -2.45. The van der Waals surface area contributed by atoms with Gasteiger partial charge in [-0.25, -0.2) is 0 Å². The van der Waals surface area contributed by atoms with Crippen molar-refractivity contribution in [2.45, 2.75) is 109 Å². The molecule has 0 aliphatic heterocycles. The third-order valence-electron chi connectivity index (χ3n) is 4.81. The summed E-state index contributed by atoms with van der Waals surface area (Å²) in [5, 5.41) is 29.6. The van der Waals surface area contributed by atoms with E-state index in [1.54, 1.807) is 0 Å². The molecule has 3 atom stereocenters. The molecule has 0 aliphatic carbocycles. The van der Waals surface area contributed by atoms with Gasteiger partial charge >= 0.3 is 11.9 Å². The van der Waals surface area contributed by atoms with Crippen LogP contribution in [-0.4, -0.2) is 64.6 Å². The summed E-state index contributed by atoms with van der Waals surface area (Å²) in [7, 11) is 0. The highest BCUT2D eigenvalue weighted by atomic mass is 16.5. The van der Waals surface area contributed by atoms with Gasteiger partial charge in [0.1, 0.15) is 24.9 Å². The zero-order valence-corrected chi connectivity index (χ0v) is 18.5. The molecule has 0 heterocycles. The summed E-state index contributed by atoms with van der Waals surface area (Å²) in [6, 6.07) is 0. The second-order valence-electron chi connectivity index (χ2n) is 7.64. The molecule has 0 saturated heterocycles. The van der Waals surface area contributed by atoms with Crippen molar-refractivity contribution in [3.05, 3.63) is 0 Å². The Morgan fingerprint density at radius 1 is 0.700 bits per heavy atom. The number of ether oxygens (including phenoxy) is 2. The highest BCUT2D eigenvalue weighted by Crippen LogP contribution is 2.09. The molecule has 8 nitrogen and oxygen atoms in total. The summed E-state index contributed by atoms with van der Waals surface area (Å²) < 4.78 is 9.68. The van der Waals surface area contributed by atoms with Gasteiger partial charge in [0.15, 0.2) is 6.61 Å². The maximum Gasteiger partial charge on any atom is 0.306 e. The quantitative estimate of drug-likeness (QED) is 0.210. The monoisotopic (exact) mass is 432 g/mol. The molecular weight excluding hydrogens is 392 g/mol. The molecule has 0 spiro atoms. The van der Waals surface area contributed by atoms with E-state index in [4.69, 9.17) is 9.47 Å². The molecule has 0 bridgehead atoms. The summed E-state index contributed by atoms with van der Waals surface area (Å²) in [6.45, 7) is 2.98. The summed E-state index contributed by atoms with van der Waals surface area (Å²) >= 11 is 0. The lowest BCUT2D eigenvalue weighted by molar-refractivity contribution is -0.159. The van der Waals surface area contributed by atoms with Crippen LogP contribution >= 0.6 is 0 Å². The molecule has 0 aromatic carbocycles. The number of carbonyl (C=O) groups excluding carboxylic acids is 3. The van der Waals surface area contributed by atoms with Gasteiger partial charge in [-0.3, -0.25) is 14.4 Å². The molecule has 0 rings (SSSR count). The van der Waals surface area contributed by atoms with E-state index in [9.17, 15) is 29.7 Å².